The first-order valence-electron chi connectivity index (χ1n) is 7.17. The van der Waals surface area contributed by atoms with Gasteiger partial charge in [0.05, 0.1) is 22.1 Å². The second-order valence-corrected chi connectivity index (χ2v) is 8.75. The topological polar surface area (TPSA) is 38.7 Å². The highest BCUT2D eigenvalue weighted by Crippen LogP contribution is 2.32. The molecule has 3 nitrogen and oxygen atoms in total. The highest BCUT2D eigenvalue weighted by Gasteiger charge is 2.22. The number of hydrogen-bond acceptors (Lipinski definition) is 2. The molecule has 0 heterocycles. The lowest BCUT2D eigenvalue weighted by atomic mass is 10.1. The molecule has 5 heteroatoms. The van der Waals surface area contributed by atoms with Crippen LogP contribution in [0.25, 0.3) is 0 Å². The predicted octanol–water partition coefficient (Wildman–Crippen LogP) is 4.40. The molecule has 116 valence electrons. The van der Waals surface area contributed by atoms with Gasteiger partial charge in [0.15, 0.2) is 0 Å². The summed E-state index contributed by atoms with van der Waals surface area (Å²) in [6, 6.07) is 5.56. The smallest absolute Gasteiger partial charge is 0.145 e. The van der Waals surface area contributed by atoms with Gasteiger partial charge < -0.3 is 4.74 Å². The third kappa shape index (κ3) is 4.82. The monoisotopic (exact) mass is 327 g/mol. The van der Waals surface area contributed by atoms with Gasteiger partial charge in [-0.25, -0.2) is 4.21 Å². The number of rotatable bonds is 5. The molecule has 1 fully saturated rings. The third-order valence-electron chi connectivity index (χ3n) is 3.26. The fourth-order valence-electron chi connectivity index (χ4n) is 1.65. The molecule has 1 unspecified atom stereocenters. The highest BCUT2D eigenvalue weighted by molar-refractivity contribution is 7.85. The second-order valence-electron chi connectivity index (χ2n) is 6.44. The van der Waals surface area contributed by atoms with Crippen LogP contribution in [0.5, 0.6) is 5.75 Å². The van der Waals surface area contributed by atoms with E-state index in [4.69, 9.17) is 16.3 Å². The number of ether oxygens (including phenoxy) is 1. The van der Waals surface area contributed by atoms with Crippen molar-refractivity contribution in [3.63, 3.8) is 0 Å². The summed E-state index contributed by atoms with van der Waals surface area (Å²) >= 11 is 6.16. The van der Waals surface area contributed by atoms with Crippen molar-refractivity contribution >= 4 is 28.3 Å². The van der Waals surface area contributed by atoms with Gasteiger partial charge in [-0.3, -0.25) is 0 Å². The highest BCUT2D eigenvalue weighted by atomic mass is 35.5. The van der Waals surface area contributed by atoms with E-state index in [-0.39, 0.29) is 4.75 Å². The van der Waals surface area contributed by atoms with E-state index in [0.29, 0.717) is 23.3 Å². The SMILES string of the molecule is C/C(=N\S(=O)C(C)(C)C)c1ccc(Cl)c(OCC2CC2)c1. The first-order chi connectivity index (χ1) is 9.77. The maximum Gasteiger partial charge on any atom is 0.145 e. The Morgan fingerprint density at radius 2 is 2.10 bits per heavy atom. The molecule has 0 saturated heterocycles. The van der Waals surface area contributed by atoms with Crippen molar-refractivity contribution < 1.29 is 8.95 Å². The molecule has 0 bridgehead atoms. The quantitative estimate of drug-likeness (QED) is 0.752. The van der Waals surface area contributed by atoms with Crippen LogP contribution in [-0.4, -0.2) is 21.3 Å². The van der Waals surface area contributed by atoms with Gasteiger partial charge in [0, 0.05) is 5.56 Å². The number of nitrogens with zero attached hydrogens (tertiary/aromatic N) is 1. The summed E-state index contributed by atoms with van der Waals surface area (Å²) in [5.74, 6) is 1.35. The number of hydrogen-bond donors (Lipinski definition) is 0. The van der Waals surface area contributed by atoms with Crippen LogP contribution in [0.3, 0.4) is 0 Å². The molecule has 0 aromatic heterocycles. The van der Waals surface area contributed by atoms with Gasteiger partial charge in [0.2, 0.25) is 0 Å². The van der Waals surface area contributed by atoms with E-state index in [1.807, 2.05) is 39.8 Å². The van der Waals surface area contributed by atoms with Gasteiger partial charge in [-0.1, -0.05) is 17.7 Å². The van der Waals surface area contributed by atoms with Crippen LogP contribution >= 0.6 is 11.6 Å². The van der Waals surface area contributed by atoms with Gasteiger partial charge >= 0.3 is 0 Å². The maximum atomic E-state index is 12.1. The molecule has 21 heavy (non-hydrogen) atoms. The zero-order chi connectivity index (χ0) is 15.6. The van der Waals surface area contributed by atoms with Gasteiger partial charge in [-0.15, -0.1) is 0 Å². The molecule has 1 aromatic carbocycles. The molecule has 1 aliphatic rings. The Kier molecular flexibility index (Phi) is 5.10. The van der Waals surface area contributed by atoms with Crippen LogP contribution in [0.1, 0.15) is 46.1 Å². The summed E-state index contributed by atoms with van der Waals surface area (Å²) in [5, 5.41) is 0.601. The minimum absolute atomic E-state index is 0.362. The Morgan fingerprint density at radius 3 is 2.67 bits per heavy atom. The van der Waals surface area contributed by atoms with E-state index in [1.165, 1.54) is 12.8 Å². The first-order valence-corrected chi connectivity index (χ1v) is 8.66. The van der Waals surface area contributed by atoms with Crippen molar-refractivity contribution in [1.29, 1.82) is 0 Å². The molecule has 1 atom stereocenters. The summed E-state index contributed by atoms with van der Waals surface area (Å²) in [6.07, 6.45) is 2.48. The molecule has 1 aliphatic carbocycles. The van der Waals surface area contributed by atoms with Crippen molar-refractivity contribution in [3.8, 4) is 5.75 Å². The predicted molar refractivity (Wildman–Crippen MR) is 89.8 cm³/mol. The lowest BCUT2D eigenvalue weighted by Crippen LogP contribution is -2.20. The normalized spacial score (nSPS) is 17.7. The Balaban J connectivity index is 2.16. The van der Waals surface area contributed by atoms with Crippen LogP contribution in [0.2, 0.25) is 5.02 Å². The molecule has 0 N–H and O–H groups in total. The van der Waals surface area contributed by atoms with E-state index in [9.17, 15) is 4.21 Å². The molecule has 0 amide bonds. The average molecular weight is 328 g/mol. The van der Waals surface area contributed by atoms with E-state index in [2.05, 4.69) is 4.40 Å². The van der Waals surface area contributed by atoms with Crippen molar-refractivity contribution in [3.05, 3.63) is 28.8 Å². The maximum absolute atomic E-state index is 12.1. The molecule has 0 aliphatic heterocycles. The fraction of sp³-hybridized carbons (Fsp3) is 0.562. The largest absolute Gasteiger partial charge is 0.492 e. The van der Waals surface area contributed by atoms with Crippen LogP contribution in [-0.2, 0) is 11.0 Å². The second kappa shape index (κ2) is 6.49. The average Bonchev–Trinajstić information content (AvgIpc) is 3.20. The van der Waals surface area contributed by atoms with Crippen LogP contribution in [0, 0.1) is 5.92 Å². The lowest BCUT2D eigenvalue weighted by Gasteiger charge is -2.14. The van der Waals surface area contributed by atoms with E-state index >= 15 is 0 Å². The van der Waals surface area contributed by atoms with Crippen molar-refractivity contribution in [2.45, 2.75) is 45.3 Å². The van der Waals surface area contributed by atoms with Gasteiger partial charge in [-0.2, -0.15) is 4.40 Å². The summed E-state index contributed by atoms with van der Waals surface area (Å²) < 4.78 is 21.8. The Bertz CT molecular complexity index is 574. The van der Waals surface area contributed by atoms with E-state index < -0.39 is 11.0 Å². The van der Waals surface area contributed by atoms with Crippen LogP contribution in [0.4, 0.5) is 0 Å². The molecule has 1 aromatic rings. The minimum Gasteiger partial charge on any atom is -0.492 e. The lowest BCUT2D eigenvalue weighted by molar-refractivity contribution is 0.300. The Labute approximate surface area is 134 Å². The summed E-state index contributed by atoms with van der Waals surface area (Å²) in [6.45, 7) is 8.30. The molecular weight excluding hydrogens is 306 g/mol. The molecule has 0 spiro atoms. The van der Waals surface area contributed by atoms with E-state index in [0.717, 1.165) is 11.3 Å². The number of benzene rings is 1. The van der Waals surface area contributed by atoms with Crippen molar-refractivity contribution in [2.24, 2.45) is 10.3 Å². The summed E-state index contributed by atoms with van der Waals surface area (Å²) in [4.78, 5) is 0. The zero-order valence-corrected chi connectivity index (χ0v) is 14.6. The van der Waals surface area contributed by atoms with Crippen LogP contribution in [0.15, 0.2) is 22.6 Å². The molecular formula is C16H22ClNO2S. The first kappa shape index (κ1) is 16.5. The summed E-state index contributed by atoms with van der Waals surface area (Å²) in [7, 11) is -1.27. The number of halogens is 1. The fourth-order valence-corrected chi connectivity index (χ4v) is 2.45. The molecule has 1 saturated carbocycles. The minimum atomic E-state index is -1.27. The molecule has 2 rings (SSSR count). The Morgan fingerprint density at radius 1 is 1.43 bits per heavy atom. The zero-order valence-electron chi connectivity index (χ0n) is 13.0. The van der Waals surface area contributed by atoms with Crippen molar-refractivity contribution in [2.75, 3.05) is 6.61 Å². The van der Waals surface area contributed by atoms with Crippen molar-refractivity contribution in [1.82, 2.24) is 0 Å². The Hall–Kier alpha value is -0.870. The standard InChI is InChI=1S/C16H22ClNO2S/c1-11(18-21(19)16(2,3)4)13-7-8-14(17)15(9-13)20-10-12-5-6-12/h7-9,12H,5-6,10H2,1-4H3/b18-11+. The third-order valence-corrected chi connectivity index (χ3v) is 5.06. The van der Waals surface area contributed by atoms with Crippen LogP contribution < -0.4 is 4.74 Å². The van der Waals surface area contributed by atoms with Gasteiger partial charge in [-0.05, 0) is 58.6 Å². The van der Waals surface area contributed by atoms with Gasteiger partial charge in [0.25, 0.3) is 0 Å². The van der Waals surface area contributed by atoms with Gasteiger partial charge in [0.1, 0.15) is 16.7 Å². The van der Waals surface area contributed by atoms with E-state index in [1.54, 1.807) is 6.07 Å². The summed E-state index contributed by atoms with van der Waals surface area (Å²) in [5.41, 5.74) is 1.62. The molecule has 0 radical (unpaired) electrons.